The standard InChI is InChI=1S/C14H21N/c1-3-12-5-4-6-13(9-12)14(15)8-7-11(2)10-14/h4-6,9,11H,3,7-8,10,15H2,1-2H3. The van der Waals surface area contributed by atoms with Gasteiger partial charge in [-0.25, -0.2) is 0 Å². The zero-order valence-corrected chi connectivity index (χ0v) is 9.79. The summed E-state index contributed by atoms with van der Waals surface area (Å²) in [5.74, 6) is 0.778. The summed E-state index contributed by atoms with van der Waals surface area (Å²) in [5.41, 5.74) is 9.18. The summed E-state index contributed by atoms with van der Waals surface area (Å²) in [6, 6.07) is 8.81. The first kappa shape index (κ1) is 10.7. The molecule has 2 unspecified atom stereocenters. The quantitative estimate of drug-likeness (QED) is 0.784. The first-order valence-corrected chi connectivity index (χ1v) is 6.02. The van der Waals surface area contributed by atoms with Gasteiger partial charge >= 0.3 is 0 Å². The summed E-state index contributed by atoms with van der Waals surface area (Å²) in [4.78, 5) is 0. The predicted octanol–water partition coefficient (Wildman–Crippen LogP) is 3.22. The molecule has 2 rings (SSSR count). The summed E-state index contributed by atoms with van der Waals surface area (Å²) in [6.45, 7) is 4.50. The van der Waals surface area contributed by atoms with E-state index in [-0.39, 0.29) is 5.54 Å². The normalized spacial score (nSPS) is 30.7. The predicted molar refractivity (Wildman–Crippen MR) is 64.7 cm³/mol. The molecule has 0 aliphatic heterocycles. The second kappa shape index (κ2) is 3.97. The van der Waals surface area contributed by atoms with Gasteiger partial charge in [-0.3, -0.25) is 0 Å². The van der Waals surface area contributed by atoms with E-state index in [1.54, 1.807) is 0 Å². The Balaban J connectivity index is 2.28. The van der Waals surface area contributed by atoms with Gasteiger partial charge in [-0.15, -0.1) is 0 Å². The van der Waals surface area contributed by atoms with Gasteiger partial charge in [0.05, 0.1) is 0 Å². The van der Waals surface area contributed by atoms with Crippen molar-refractivity contribution in [2.45, 2.75) is 45.1 Å². The molecule has 1 aliphatic carbocycles. The number of rotatable bonds is 2. The number of aryl methyl sites for hydroxylation is 1. The van der Waals surface area contributed by atoms with Crippen LogP contribution in [0.15, 0.2) is 24.3 Å². The molecule has 0 heterocycles. The van der Waals surface area contributed by atoms with Crippen LogP contribution in [0.1, 0.15) is 44.2 Å². The van der Waals surface area contributed by atoms with Crippen molar-refractivity contribution in [1.29, 1.82) is 0 Å². The fourth-order valence-corrected chi connectivity index (χ4v) is 2.69. The Morgan fingerprint density at radius 3 is 2.87 bits per heavy atom. The van der Waals surface area contributed by atoms with Gasteiger partial charge in [-0.05, 0) is 42.7 Å². The van der Waals surface area contributed by atoms with E-state index in [0.717, 1.165) is 25.2 Å². The van der Waals surface area contributed by atoms with Crippen LogP contribution in [0, 0.1) is 5.92 Å². The Morgan fingerprint density at radius 1 is 1.47 bits per heavy atom. The highest BCUT2D eigenvalue weighted by atomic mass is 14.8. The van der Waals surface area contributed by atoms with Crippen LogP contribution in [0.5, 0.6) is 0 Å². The van der Waals surface area contributed by atoms with Crippen LogP contribution in [0.3, 0.4) is 0 Å². The smallest absolute Gasteiger partial charge is 0.0412 e. The van der Waals surface area contributed by atoms with Crippen molar-refractivity contribution in [3.63, 3.8) is 0 Å². The van der Waals surface area contributed by atoms with E-state index in [9.17, 15) is 0 Å². The molecule has 0 spiro atoms. The van der Waals surface area contributed by atoms with Gasteiger partial charge < -0.3 is 5.73 Å². The lowest BCUT2D eigenvalue weighted by molar-refractivity contribution is 0.440. The Hall–Kier alpha value is -0.820. The molecule has 1 aromatic rings. The van der Waals surface area contributed by atoms with E-state index in [1.165, 1.54) is 17.5 Å². The molecule has 82 valence electrons. The third-order valence-electron chi connectivity index (χ3n) is 3.71. The van der Waals surface area contributed by atoms with Crippen molar-refractivity contribution in [1.82, 2.24) is 0 Å². The SMILES string of the molecule is CCc1cccc(C2(N)CCC(C)C2)c1. The first-order valence-electron chi connectivity index (χ1n) is 6.02. The first-order chi connectivity index (χ1) is 7.14. The summed E-state index contributed by atoms with van der Waals surface area (Å²) < 4.78 is 0. The van der Waals surface area contributed by atoms with E-state index in [4.69, 9.17) is 5.73 Å². The Kier molecular flexibility index (Phi) is 2.83. The van der Waals surface area contributed by atoms with E-state index in [1.807, 2.05) is 0 Å². The highest BCUT2D eigenvalue weighted by molar-refractivity contribution is 5.30. The minimum Gasteiger partial charge on any atom is -0.321 e. The van der Waals surface area contributed by atoms with Crippen molar-refractivity contribution >= 4 is 0 Å². The number of hydrogen-bond acceptors (Lipinski definition) is 1. The lowest BCUT2D eigenvalue weighted by Gasteiger charge is -2.25. The number of benzene rings is 1. The lowest BCUT2D eigenvalue weighted by atomic mass is 9.87. The van der Waals surface area contributed by atoms with E-state index < -0.39 is 0 Å². The van der Waals surface area contributed by atoms with E-state index in [0.29, 0.717) is 0 Å². The highest BCUT2D eigenvalue weighted by Gasteiger charge is 2.34. The Bertz CT molecular complexity index is 345. The molecule has 1 aromatic carbocycles. The van der Waals surface area contributed by atoms with Crippen LogP contribution in [-0.2, 0) is 12.0 Å². The second-order valence-corrected chi connectivity index (χ2v) is 5.06. The number of hydrogen-bond donors (Lipinski definition) is 1. The zero-order chi connectivity index (χ0) is 10.9. The van der Waals surface area contributed by atoms with Crippen molar-refractivity contribution in [2.75, 3.05) is 0 Å². The molecule has 1 fully saturated rings. The molecule has 15 heavy (non-hydrogen) atoms. The van der Waals surface area contributed by atoms with Crippen molar-refractivity contribution in [3.05, 3.63) is 35.4 Å². The lowest BCUT2D eigenvalue weighted by Crippen LogP contribution is -2.33. The molecule has 1 aliphatic rings. The molecule has 2 atom stereocenters. The van der Waals surface area contributed by atoms with Crippen molar-refractivity contribution < 1.29 is 0 Å². The molecular formula is C14H21N. The van der Waals surface area contributed by atoms with Gasteiger partial charge in [-0.2, -0.15) is 0 Å². The molecule has 0 radical (unpaired) electrons. The van der Waals surface area contributed by atoms with Crippen LogP contribution in [0.25, 0.3) is 0 Å². The summed E-state index contributed by atoms with van der Waals surface area (Å²) >= 11 is 0. The van der Waals surface area contributed by atoms with Gasteiger partial charge in [0.25, 0.3) is 0 Å². The van der Waals surface area contributed by atoms with Crippen LogP contribution in [-0.4, -0.2) is 0 Å². The van der Waals surface area contributed by atoms with E-state index in [2.05, 4.69) is 38.1 Å². The van der Waals surface area contributed by atoms with Crippen LogP contribution in [0.2, 0.25) is 0 Å². The van der Waals surface area contributed by atoms with Crippen molar-refractivity contribution in [3.8, 4) is 0 Å². The number of nitrogens with two attached hydrogens (primary N) is 1. The molecule has 2 N–H and O–H groups in total. The fraction of sp³-hybridized carbons (Fsp3) is 0.571. The van der Waals surface area contributed by atoms with Crippen LogP contribution < -0.4 is 5.73 Å². The molecule has 1 saturated carbocycles. The maximum absolute atomic E-state index is 6.49. The topological polar surface area (TPSA) is 26.0 Å². The molecular weight excluding hydrogens is 182 g/mol. The van der Waals surface area contributed by atoms with Crippen molar-refractivity contribution in [2.24, 2.45) is 11.7 Å². The molecule has 0 saturated heterocycles. The van der Waals surface area contributed by atoms with Gasteiger partial charge in [0, 0.05) is 5.54 Å². The van der Waals surface area contributed by atoms with Gasteiger partial charge in [-0.1, -0.05) is 38.1 Å². The zero-order valence-electron chi connectivity index (χ0n) is 9.79. The molecule has 1 heteroatoms. The van der Waals surface area contributed by atoms with Crippen LogP contribution in [0.4, 0.5) is 0 Å². The largest absolute Gasteiger partial charge is 0.321 e. The molecule has 0 bridgehead atoms. The van der Waals surface area contributed by atoms with E-state index >= 15 is 0 Å². The van der Waals surface area contributed by atoms with Crippen LogP contribution >= 0.6 is 0 Å². The minimum absolute atomic E-state index is 0.0510. The minimum atomic E-state index is -0.0510. The average molecular weight is 203 g/mol. The molecule has 0 amide bonds. The summed E-state index contributed by atoms with van der Waals surface area (Å²) in [5, 5.41) is 0. The van der Waals surface area contributed by atoms with Gasteiger partial charge in [0.15, 0.2) is 0 Å². The third-order valence-corrected chi connectivity index (χ3v) is 3.71. The maximum atomic E-state index is 6.49. The molecule has 0 aromatic heterocycles. The maximum Gasteiger partial charge on any atom is 0.0412 e. The second-order valence-electron chi connectivity index (χ2n) is 5.06. The fourth-order valence-electron chi connectivity index (χ4n) is 2.69. The Morgan fingerprint density at radius 2 is 2.27 bits per heavy atom. The molecule has 1 nitrogen and oxygen atoms in total. The highest BCUT2D eigenvalue weighted by Crippen LogP contribution is 2.39. The third kappa shape index (κ3) is 2.07. The summed E-state index contributed by atoms with van der Waals surface area (Å²) in [6.07, 6.45) is 4.65. The average Bonchev–Trinajstić information content (AvgIpc) is 2.60. The monoisotopic (exact) mass is 203 g/mol. The Labute approximate surface area is 92.7 Å². The van der Waals surface area contributed by atoms with Gasteiger partial charge in [0.1, 0.15) is 0 Å². The summed E-state index contributed by atoms with van der Waals surface area (Å²) in [7, 11) is 0. The van der Waals surface area contributed by atoms with Gasteiger partial charge in [0.2, 0.25) is 0 Å².